The Morgan fingerprint density at radius 3 is 2.35 bits per heavy atom. The average Bonchev–Trinajstić information content (AvgIpc) is 3.08. The Hall–Kier alpha value is -1.57. The molecular formula is C19H26N2O4S. The van der Waals surface area contributed by atoms with Gasteiger partial charge < -0.3 is 8.83 Å². The molecule has 1 saturated carbocycles. The van der Waals surface area contributed by atoms with E-state index in [-0.39, 0.29) is 5.09 Å². The number of nitrogens with zero attached hydrogens (tertiary/aromatic N) is 2. The lowest BCUT2D eigenvalue weighted by atomic mass is 10.3. The third-order valence-corrected chi connectivity index (χ3v) is 7.08. The Labute approximate surface area is 154 Å². The molecule has 2 aliphatic rings. The molecule has 2 aromatic heterocycles. The first-order valence-electron chi connectivity index (χ1n) is 9.29. The fourth-order valence-corrected chi connectivity index (χ4v) is 5.07. The van der Waals surface area contributed by atoms with Crippen LogP contribution in [0.15, 0.2) is 38.2 Å². The maximum atomic E-state index is 12.5. The van der Waals surface area contributed by atoms with Crippen LogP contribution in [0.2, 0.25) is 0 Å². The van der Waals surface area contributed by atoms with Gasteiger partial charge in [0.25, 0.3) is 10.0 Å². The van der Waals surface area contributed by atoms with E-state index in [9.17, 15) is 8.42 Å². The van der Waals surface area contributed by atoms with E-state index in [1.54, 1.807) is 12.1 Å². The van der Waals surface area contributed by atoms with Gasteiger partial charge in [-0.1, -0.05) is 6.92 Å². The smallest absolute Gasteiger partial charge is 0.276 e. The van der Waals surface area contributed by atoms with Crippen molar-refractivity contribution in [3.8, 4) is 0 Å². The van der Waals surface area contributed by atoms with E-state index >= 15 is 0 Å². The summed E-state index contributed by atoms with van der Waals surface area (Å²) in [5, 5.41) is 0.0470. The van der Waals surface area contributed by atoms with Crippen LogP contribution in [0, 0.1) is 5.92 Å². The summed E-state index contributed by atoms with van der Waals surface area (Å²) < 4.78 is 38.1. The molecule has 4 rings (SSSR count). The van der Waals surface area contributed by atoms with Gasteiger partial charge in [-0.15, -0.1) is 0 Å². The van der Waals surface area contributed by atoms with Crippen molar-refractivity contribution < 1.29 is 17.3 Å². The first-order valence-corrected chi connectivity index (χ1v) is 10.7. The van der Waals surface area contributed by atoms with Crippen LogP contribution >= 0.6 is 0 Å². The molecule has 2 fully saturated rings. The first-order chi connectivity index (χ1) is 12.4. The van der Waals surface area contributed by atoms with Crippen LogP contribution in [-0.2, 0) is 23.1 Å². The molecule has 2 aromatic rings. The van der Waals surface area contributed by atoms with Gasteiger partial charge in [-0.3, -0.25) is 4.90 Å². The summed E-state index contributed by atoms with van der Waals surface area (Å²) in [7, 11) is -1.52. The first kappa shape index (κ1) is 17.8. The van der Waals surface area contributed by atoms with Crippen LogP contribution in [0.5, 0.6) is 0 Å². The van der Waals surface area contributed by atoms with E-state index in [0.29, 0.717) is 37.9 Å². The summed E-state index contributed by atoms with van der Waals surface area (Å²) in [6.07, 6.45) is 3.05. The van der Waals surface area contributed by atoms with Gasteiger partial charge in [-0.05, 0) is 56.5 Å². The Morgan fingerprint density at radius 1 is 1.08 bits per heavy atom. The summed E-state index contributed by atoms with van der Waals surface area (Å²) in [6.45, 7) is 4.60. The Balaban J connectivity index is 1.37. The molecular weight excluding hydrogens is 352 g/mol. The second-order valence-electron chi connectivity index (χ2n) is 7.63. The molecule has 1 aliphatic heterocycles. The molecule has 0 spiro atoms. The molecule has 1 aliphatic carbocycles. The lowest BCUT2D eigenvalue weighted by molar-refractivity contribution is 0.252. The second kappa shape index (κ2) is 6.87. The zero-order chi connectivity index (χ0) is 18.3. The number of sulfonamides is 1. The molecule has 0 amide bonds. The molecule has 3 heterocycles. The van der Waals surface area contributed by atoms with E-state index in [1.165, 1.54) is 10.7 Å². The highest BCUT2D eigenvalue weighted by molar-refractivity contribution is 7.89. The number of furan rings is 2. The van der Waals surface area contributed by atoms with Gasteiger partial charge in [0.15, 0.2) is 0 Å². The summed E-state index contributed by atoms with van der Waals surface area (Å²) in [6, 6.07) is 7.42. The lowest BCUT2D eigenvalue weighted by Crippen LogP contribution is -2.27. The second-order valence-corrected chi connectivity index (χ2v) is 9.50. The number of rotatable bonds is 7. The van der Waals surface area contributed by atoms with Crippen molar-refractivity contribution in [2.45, 2.75) is 50.3 Å². The molecule has 0 N–H and O–H groups in total. The van der Waals surface area contributed by atoms with Gasteiger partial charge >= 0.3 is 0 Å². The van der Waals surface area contributed by atoms with Crippen LogP contribution < -0.4 is 0 Å². The topological polar surface area (TPSA) is 66.9 Å². The van der Waals surface area contributed by atoms with Gasteiger partial charge in [0, 0.05) is 19.0 Å². The third kappa shape index (κ3) is 3.61. The van der Waals surface area contributed by atoms with Gasteiger partial charge in [0.05, 0.1) is 13.1 Å². The summed E-state index contributed by atoms with van der Waals surface area (Å²) in [5.41, 5.74) is 0. The van der Waals surface area contributed by atoms with Crippen LogP contribution in [-0.4, -0.2) is 37.8 Å². The molecule has 6 nitrogen and oxygen atoms in total. The Morgan fingerprint density at radius 2 is 1.69 bits per heavy atom. The lowest BCUT2D eigenvalue weighted by Gasteiger charge is -2.14. The molecule has 7 heteroatoms. The van der Waals surface area contributed by atoms with Gasteiger partial charge in [0.2, 0.25) is 5.09 Å². The standard InChI is InChI=1S/C19H26N2O4S/c1-14-11-17(14)18-7-5-15(24-18)12-20(2)13-16-6-8-19(25-16)26(22,23)21-9-3-4-10-21/h5-8,14,17H,3-4,9-13H2,1-2H3/t14-,17-/m0/s1. The average molecular weight is 378 g/mol. The Kier molecular flexibility index (Phi) is 4.71. The minimum absolute atomic E-state index is 0.0470. The zero-order valence-electron chi connectivity index (χ0n) is 15.3. The molecule has 2 atom stereocenters. The quantitative estimate of drug-likeness (QED) is 0.739. The van der Waals surface area contributed by atoms with Crippen molar-refractivity contribution in [1.29, 1.82) is 0 Å². The molecule has 26 heavy (non-hydrogen) atoms. The zero-order valence-corrected chi connectivity index (χ0v) is 16.2. The molecule has 0 aromatic carbocycles. The predicted molar refractivity (Wildman–Crippen MR) is 97.1 cm³/mol. The SMILES string of the molecule is C[C@H]1C[C@@H]1c1ccc(CN(C)Cc2ccc(S(=O)(=O)N3CCCC3)o2)o1. The third-order valence-electron chi connectivity index (χ3n) is 5.31. The maximum absolute atomic E-state index is 12.5. The monoisotopic (exact) mass is 378 g/mol. The minimum Gasteiger partial charge on any atom is -0.464 e. The van der Waals surface area contributed by atoms with E-state index in [1.807, 2.05) is 13.1 Å². The van der Waals surface area contributed by atoms with E-state index in [0.717, 1.165) is 30.3 Å². The summed E-state index contributed by atoms with van der Waals surface area (Å²) in [5.74, 6) is 3.96. The van der Waals surface area contributed by atoms with Crippen LogP contribution in [0.3, 0.4) is 0 Å². The fourth-order valence-electron chi connectivity index (χ4n) is 3.62. The van der Waals surface area contributed by atoms with E-state index in [2.05, 4.69) is 17.9 Å². The van der Waals surface area contributed by atoms with Crippen LogP contribution in [0.25, 0.3) is 0 Å². The van der Waals surface area contributed by atoms with Crippen molar-refractivity contribution in [2.75, 3.05) is 20.1 Å². The highest BCUT2D eigenvalue weighted by Crippen LogP contribution is 2.47. The Bertz CT molecular complexity index is 864. The van der Waals surface area contributed by atoms with Crippen molar-refractivity contribution in [2.24, 2.45) is 5.92 Å². The molecule has 0 bridgehead atoms. The van der Waals surface area contributed by atoms with Crippen LogP contribution in [0.4, 0.5) is 0 Å². The maximum Gasteiger partial charge on any atom is 0.276 e. The summed E-state index contributed by atoms with van der Waals surface area (Å²) in [4.78, 5) is 2.06. The largest absolute Gasteiger partial charge is 0.464 e. The molecule has 1 saturated heterocycles. The van der Waals surface area contributed by atoms with Crippen molar-refractivity contribution in [3.05, 3.63) is 41.5 Å². The number of hydrogen-bond donors (Lipinski definition) is 0. The highest BCUT2D eigenvalue weighted by Gasteiger charge is 2.36. The van der Waals surface area contributed by atoms with Gasteiger partial charge in [-0.2, -0.15) is 4.31 Å². The molecule has 0 unspecified atom stereocenters. The normalized spacial score (nSPS) is 23.8. The van der Waals surface area contributed by atoms with Crippen molar-refractivity contribution in [3.63, 3.8) is 0 Å². The molecule has 0 radical (unpaired) electrons. The van der Waals surface area contributed by atoms with Gasteiger partial charge in [-0.25, -0.2) is 8.42 Å². The van der Waals surface area contributed by atoms with Gasteiger partial charge in [0.1, 0.15) is 17.3 Å². The molecule has 142 valence electrons. The minimum atomic E-state index is -3.49. The summed E-state index contributed by atoms with van der Waals surface area (Å²) >= 11 is 0. The number of hydrogen-bond acceptors (Lipinski definition) is 5. The van der Waals surface area contributed by atoms with Crippen molar-refractivity contribution in [1.82, 2.24) is 9.21 Å². The van der Waals surface area contributed by atoms with E-state index < -0.39 is 10.0 Å². The predicted octanol–water partition coefficient (Wildman–Crippen LogP) is 3.41. The van der Waals surface area contributed by atoms with Crippen molar-refractivity contribution >= 4 is 10.0 Å². The fraction of sp³-hybridized carbons (Fsp3) is 0.579. The van der Waals surface area contributed by atoms with E-state index in [4.69, 9.17) is 8.83 Å². The van der Waals surface area contributed by atoms with Crippen LogP contribution in [0.1, 0.15) is 49.4 Å². The highest BCUT2D eigenvalue weighted by atomic mass is 32.2.